The van der Waals surface area contributed by atoms with Crippen LogP contribution >= 0.6 is 0 Å². The number of para-hydroxylation sites is 2. The van der Waals surface area contributed by atoms with Gasteiger partial charge in [-0.15, -0.1) is 0 Å². The predicted octanol–water partition coefficient (Wildman–Crippen LogP) is 6.35. The van der Waals surface area contributed by atoms with Gasteiger partial charge in [0.05, 0.1) is 33.9 Å². The van der Waals surface area contributed by atoms with Gasteiger partial charge in [0, 0.05) is 0 Å². The summed E-state index contributed by atoms with van der Waals surface area (Å²) in [5.41, 5.74) is -0.828. The molecule has 0 spiro atoms. The highest BCUT2D eigenvalue weighted by atomic mass is 32.2. The van der Waals surface area contributed by atoms with Crippen LogP contribution in [0.5, 0.6) is 0 Å². The van der Waals surface area contributed by atoms with Crippen molar-refractivity contribution in [2.45, 2.75) is 17.6 Å². The molecule has 0 radical (unpaired) electrons. The van der Waals surface area contributed by atoms with E-state index in [2.05, 4.69) is 5.32 Å². The van der Waals surface area contributed by atoms with Crippen LogP contribution in [0, 0.1) is 0 Å². The molecule has 5 nitrogen and oxygen atoms in total. The van der Waals surface area contributed by atoms with E-state index in [9.17, 15) is 26.4 Å². The van der Waals surface area contributed by atoms with E-state index < -0.39 is 33.4 Å². The molecule has 0 unspecified atom stereocenters. The summed E-state index contributed by atoms with van der Waals surface area (Å²) in [4.78, 5) is 13.2. The van der Waals surface area contributed by atoms with Crippen LogP contribution in [0.25, 0.3) is 0 Å². The highest BCUT2D eigenvalue weighted by Crippen LogP contribution is 2.35. The summed E-state index contributed by atoms with van der Waals surface area (Å²) < 4.78 is 68.9. The third kappa shape index (κ3) is 5.41. The summed E-state index contributed by atoms with van der Waals surface area (Å²) in [6.45, 7) is -0.0957. The Morgan fingerprint density at radius 2 is 1.31 bits per heavy atom. The van der Waals surface area contributed by atoms with Crippen molar-refractivity contribution in [2.75, 3.05) is 9.62 Å². The summed E-state index contributed by atoms with van der Waals surface area (Å²) in [5, 5.41) is 2.30. The molecule has 0 saturated carbocycles. The number of benzene rings is 4. The highest BCUT2D eigenvalue weighted by Gasteiger charge is 2.34. The largest absolute Gasteiger partial charge is 0.418 e. The van der Waals surface area contributed by atoms with E-state index >= 15 is 0 Å². The van der Waals surface area contributed by atoms with Gasteiger partial charge in [0.2, 0.25) is 0 Å². The third-order valence-corrected chi connectivity index (χ3v) is 7.17. The van der Waals surface area contributed by atoms with Crippen LogP contribution in [0.15, 0.2) is 114 Å². The van der Waals surface area contributed by atoms with Gasteiger partial charge >= 0.3 is 6.18 Å². The first-order chi connectivity index (χ1) is 17.2. The lowest BCUT2D eigenvalue weighted by Crippen LogP contribution is -2.32. The second kappa shape index (κ2) is 10.2. The van der Waals surface area contributed by atoms with Crippen molar-refractivity contribution in [1.82, 2.24) is 0 Å². The monoisotopic (exact) mass is 510 g/mol. The molecule has 0 atom stereocenters. The van der Waals surface area contributed by atoms with Gasteiger partial charge in [-0.25, -0.2) is 8.42 Å². The van der Waals surface area contributed by atoms with E-state index in [0.29, 0.717) is 5.56 Å². The summed E-state index contributed by atoms with van der Waals surface area (Å²) >= 11 is 0. The molecule has 0 aliphatic carbocycles. The highest BCUT2D eigenvalue weighted by molar-refractivity contribution is 7.92. The zero-order chi connectivity index (χ0) is 25.8. The molecule has 184 valence electrons. The van der Waals surface area contributed by atoms with E-state index in [1.807, 2.05) is 0 Å². The van der Waals surface area contributed by atoms with E-state index in [1.54, 1.807) is 54.6 Å². The Balaban J connectivity index is 1.79. The standard InChI is InChI=1S/C27H21F3N2O3S/c28-27(29,30)23-16-8-9-17-24(23)31-26(33)22-15-7-10-18-25(22)32(19-20-11-3-1-4-12-20)36(34,35)21-13-5-2-6-14-21/h1-18H,19H2,(H,31,33). The van der Waals surface area contributed by atoms with Crippen molar-refractivity contribution in [3.63, 3.8) is 0 Å². The molecule has 1 N–H and O–H groups in total. The number of carbonyl (C=O) groups is 1. The Morgan fingerprint density at radius 3 is 1.97 bits per heavy atom. The lowest BCUT2D eigenvalue weighted by atomic mass is 10.1. The van der Waals surface area contributed by atoms with E-state index in [-0.39, 0.29) is 22.7 Å². The molecule has 0 fully saturated rings. The number of hydrogen-bond donors (Lipinski definition) is 1. The molecule has 0 aromatic heterocycles. The van der Waals surface area contributed by atoms with Crippen LogP contribution in [0.4, 0.5) is 24.5 Å². The summed E-state index contributed by atoms with van der Waals surface area (Å²) in [7, 11) is -4.14. The van der Waals surface area contributed by atoms with Crippen LogP contribution in [0.3, 0.4) is 0 Å². The fourth-order valence-corrected chi connectivity index (χ4v) is 5.17. The van der Waals surface area contributed by atoms with Gasteiger partial charge in [0.1, 0.15) is 0 Å². The Kier molecular flexibility index (Phi) is 7.12. The number of sulfonamides is 1. The van der Waals surface area contributed by atoms with Crippen molar-refractivity contribution >= 4 is 27.3 Å². The summed E-state index contributed by atoms with van der Waals surface area (Å²) in [6, 6.07) is 27.0. The van der Waals surface area contributed by atoms with Crippen molar-refractivity contribution in [3.8, 4) is 0 Å². The van der Waals surface area contributed by atoms with E-state index in [4.69, 9.17) is 0 Å². The number of anilines is 2. The average Bonchev–Trinajstić information content (AvgIpc) is 2.88. The van der Waals surface area contributed by atoms with Crippen LogP contribution in [0.2, 0.25) is 0 Å². The predicted molar refractivity (Wildman–Crippen MR) is 132 cm³/mol. The number of alkyl halides is 3. The molecule has 0 aliphatic heterocycles. The van der Waals surface area contributed by atoms with Gasteiger partial charge < -0.3 is 5.32 Å². The number of amides is 1. The first kappa shape index (κ1) is 25.0. The summed E-state index contributed by atoms with van der Waals surface area (Å²) in [5.74, 6) is -0.872. The molecule has 4 rings (SSSR count). The zero-order valence-electron chi connectivity index (χ0n) is 18.8. The lowest BCUT2D eigenvalue weighted by Gasteiger charge is -2.27. The molecule has 0 bridgehead atoms. The number of rotatable bonds is 7. The van der Waals surface area contributed by atoms with Crippen LogP contribution in [-0.4, -0.2) is 14.3 Å². The van der Waals surface area contributed by atoms with Gasteiger partial charge in [-0.1, -0.05) is 72.8 Å². The first-order valence-corrected chi connectivity index (χ1v) is 12.3. The normalized spacial score (nSPS) is 11.6. The van der Waals surface area contributed by atoms with Gasteiger partial charge in [0.25, 0.3) is 15.9 Å². The number of nitrogens with one attached hydrogen (secondary N) is 1. The Hall–Kier alpha value is -4.11. The molecule has 0 saturated heterocycles. The molecule has 4 aromatic carbocycles. The smallest absolute Gasteiger partial charge is 0.321 e. The minimum absolute atomic E-state index is 0.0126. The minimum Gasteiger partial charge on any atom is -0.321 e. The van der Waals surface area contributed by atoms with E-state index in [1.165, 1.54) is 42.5 Å². The quantitative estimate of drug-likeness (QED) is 0.315. The average molecular weight is 511 g/mol. The molecule has 9 heteroatoms. The number of carbonyl (C=O) groups excluding carboxylic acids is 1. The summed E-state index contributed by atoms with van der Waals surface area (Å²) in [6.07, 6.45) is -4.68. The lowest BCUT2D eigenvalue weighted by molar-refractivity contribution is -0.136. The second-order valence-electron chi connectivity index (χ2n) is 7.82. The van der Waals surface area contributed by atoms with Crippen molar-refractivity contribution in [1.29, 1.82) is 0 Å². The molecule has 0 aliphatic rings. The molecule has 36 heavy (non-hydrogen) atoms. The maximum atomic E-state index is 13.7. The maximum absolute atomic E-state index is 13.7. The third-order valence-electron chi connectivity index (χ3n) is 5.40. The van der Waals surface area contributed by atoms with Gasteiger partial charge in [0.15, 0.2) is 0 Å². The molecular formula is C27H21F3N2O3S. The van der Waals surface area contributed by atoms with E-state index in [0.717, 1.165) is 16.4 Å². The van der Waals surface area contributed by atoms with Crippen LogP contribution < -0.4 is 9.62 Å². The number of nitrogens with zero attached hydrogens (tertiary/aromatic N) is 1. The SMILES string of the molecule is O=C(Nc1ccccc1C(F)(F)F)c1ccccc1N(Cc1ccccc1)S(=O)(=O)c1ccccc1. The number of hydrogen-bond acceptors (Lipinski definition) is 3. The molecule has 4 aromatic rings. The Bertz CT molecular complexity index is 1460. The van der Waals surface area contributed by atoms with Crippen molar-refractivity contribution < 1.29 is 26.4 Å². The molecule has 0 heterocycles. The minimum atomic E-state index is -4.68. The van der Waals surface area contributed by atoms with Crippen LogP contribution in [-0.2, 0) is 22.7 Å². The Labute approximate surface area is 206 Å². The van der Waals surface area contributed by atoms with Crippen molar-refractivity contribution in [3.05, 3.63) is 126 Å². The maximum Gasteiger partial charge on any atom is 0.418 e. The molecular weight excluding hydrogens is 489 g/mol. The van der Waals surface area contributed by atoms with Gasteiger partial charge in [-0.2, -0.15) is 13.2 Å². The first-order valence-electron chi connectivity index (χ1n) is 10.9. The topological polar surface area (TPSA) is 66.5 Å². The van der Waals surface area contributed by atoms with Crippen molar-refractivity contribution in [2.24, 2.45) is 0 Å². The van der Waals surface area contributed by atoms with Crippen LogP contribution in [0.1, 0.15) is 21.5 Å². The van der Waals surface area contributed by atoms with Gasteiger partial charge in [-0.3, -0.25) is 9.10 Å². The zero-order valence-corrected chi connectivity index (χ0v) is 19.6. The fraction of sp³-hybridized carbons (Fsp3) is 0.0741. The Morgan fingerprint density at radius 1 is 0.750 bits per heavy atom. The van der Waals surface area contributed by atoms with Gasteiger partial charge in [-0.05, 0) is 42.0 Å². The molecule has 1 amide bonds. The number of halogens is 3. The fourth-order valence-electron chi connectivity index (χ4n) is 3.68. The second-order valence-corrected chi connectivity index (χ2v) is 9.69.